The first-order valence-electron chi connectivity index (χ1n) is 5.50. The van der Waals surface area contributed by atoms with E-state index in [4.69, 9.17) is 22.1 Å². The molecule has 0 aliphatic heterocycles. The molecule has 0 heterocycles. The number of aliphatic imine (C=N–C) groups is 1. The van der Waals surface area contributed by atoms with Gasteiger partial charge in [-0.25, -0.2) is 0 Å². The van der Waals surface area contributed by atoms with Crippen LogP contribution >= 0.6 is 11.6 Å². The van der Waals surface area contributed by atoms with Crippen LogP contribution in [0.3, 0.4) is 0 Å². The van der Waals surface area contributed by atoms with Crippen molar-refractivity contribution < 1.29 is 4.74 Å². The number of hydrogen-bond donors (Lipinski definition) is 2. The summed E-state index contributed by atoms with van der Waals surface area (Å²) in [5.74, 6) is 0.439. The maximum Gasteiger partial charge on any atom is 0.188 e. The fourth-order valence-electron chi connectivity index (χ4n) is 1.34. The topological polar surface area (TPSA) is 59.6 Å². The molecule has 94 valence electrons. The summed E-state index contributed by atoms with van der Waals surface area (Å²) in [6.07, 6.45) is 0.820. The standard InChI is InChI=1S/C12H18ClN3O/c1-17-9-8-16-12(14)15-7-6-10-4-2-3-5-11(10)13/h2-5H,6-9H2,1H3,(H3,14,15,16). The van der Waals surface area contributed by atoms with Crippen molar-refractivity contribution in [2.45, 2.75) is 6.42 Å². The number of benzene rings is 1. The minimum absolute atomic E-state index is 0.439. The van der Waals surface area contributed by atoms with Crippen LogP contribution in [0.5, 0.6) is 0 Å². The van der Waals surface area contributed by atoms with E-state index in [9.17, 15) is 0 Å². The zero-order chi connectivity index (χ0) is 12.5. The van der Waals surface area contributed by atoms with Gasteiger partial charge in [-0.05, 0) is 18.1 Å². The van der Waals surface area contributed by atoms with Crippen molar-refractivity contribution in [1.82, 2.24) is 5.32 Å². The molecule has 0 aromatic heterocycles. The average molecular weight is 256 g/mol. The Bertz CT molecular complexity index is 369. The Morgan fingerprint density at radius 2 is 2.24 bits per heavy atom. The molecule has 17 heavy (non-hydrogen) atoms. The number of rotatable bonds is 6. The Balaban J connectivity index is 2.28. The SMILES string of the molecule is COCCN=C(N)NCCc1ccccc1Cl. The Hall–Kier alpha value is -1.26. The molecule has 0 unspecified atom stereocenters. The summed E-state index contributed by atoms with van der Waals surface area (Å²) in [5.41, 5.74) is 6.77. The third kappa shape index (κ3) is 5.56. The van der Waals surface area contributed by atoms with Crippen LogP contribution in [-0.2, 0) is 11.2 Å². The van der Waals surface area contributed by atoms with E-state index in [0.29, 0.717) is 25.7 Å². The molecule has 0 aliphatic carbocycles. The monoisotopic (exact) mass is 255 g/mol. The number of guanidine groups is 1. The van der Waals surface area contributed by atoms with Crippen LogP contribution in [0.25, 0.3) is 0 Å². The predicted molar refractivity (Wildman–Crippen MR) is 71.5 cm³/mol. The molecule has 0 atom stereocenters. The summed E-state index contributed by atoms with van der Waals surface area (Å²) in [6.45, 7) is 1.86. The molecule has 0 fully saturated rings. The maximum atomic E-state index is 6.04. The minimum Gasteiger partial charge on any atom is -0.383 e. The highest BCUT2D eigenvalue weighted by atomic mass is 35.5. The number of ether oxygens (including phenoxy) is 1. The van der Waals surface area contributed by atoms with E-state index < -0.39 is 0 Å². The fraction of sp³-hybridized carbons (Fsp3) is 0.417. The highest BCUT2D eigenvalue weighted by Gasteiger charge is 1.98. The number of nitrogens with zero attached hydrogens (tertiary/aromatic N) is 1. The summed E-state index contributed by atoms with van der Waals surface area (Å²) >= 11 is 6.04. The molecule has 0 bridgehead atoms. The van der Waals surface area contributed by atoms with E-state index in [1.165, 1.54) is 0 Å². The van der Waals surface area contributed by atoms with E-state index in [2.05, 4.69) is 10.3 Å². The van der Waals surface area contributed by atoms with E-state index in [1.54, 1.807) is 7.11 Å². The molecule has 0 aliphatic rings. The number of halogens is 1. The molecule has 4 nitrogen and oxygen atoms in total. The van der Waals surface area contributed by atoms with Crippen molar-refractivity contribution in [1.29, 1.82) is 0 Å². The predicted octanol–water partition coefficient (Wildman–Crippen LogP) is 1.43. The first-order valence-corrected chi connectivity index (χ1v) is 5.88. The van der Waals surface area contributed by atoms with Crippen LogP contribution in [0.2, 0.25) is 5.02 Å². The fourth-order valence-corrected chi connectivity index (χ4v) is 1.57. The molecule has 1 aromatic carbocycles. The van der Waals surface area contributed by atoms with Crippen LogP contribution in [0.1, 0.15) is 5.56 Å². The highest BCUT2D eigenvalue weighted by Crippen LogP contribution is 2.14. The smallest absolute Gasteiger partial charge is 0.188 e. The zero-order valence-electron chi connectivity index (χ0n) is 9.95. The molecule has 0 amide bonds. The van der Waals surface area contributed by atoms with Crippen molar-refractivity contribution in [3.63, 3.8) is 0 Å². The van der Waals surface area contributed by atoms with Gasteiger partial charge in [-0.3, -0.25) is 4.99 Å². The van der Waals surface area contributed by atoms with E-state index >= 15 is 0 Å². The number of methoxy groups -OCH3 is 1. The first-order chi connectivity index (χ1) is 8.24. The molecule has 0 radical (unpaired) electrons. The average Bonchev–Trinajstić information content (AvgIpc) is 2.32. The molecule has 0 spiro atoms. The number of nitrogens with two attached hydrogens (primary N) is 1. The van der Waals surface area contributed by atoms with Crippen LogP contribution < -0.4 is 11.1 Å². The van der Waals surface area contributed by atoms with Gasteiger partial charge < -0.3 is 15.8 Å². The van der Waals surface area contributed by atoms with Crippen LogP contribution in [0.4, 0.5) is 0 Å². The lowest BCUT2D eigenvalue weighted by atomic mass is 10.1. The molecule has 1 aromatic rings. The summed E-state index contributed by atoms with van der Waals surface area (Å²) in [6, 6.07) is 7.77. The van der Waals surface area contributed by atoms with Gasteiger partial charge in [0.1, 0.15) is 0 Å². The zero-order valence-corrected chi connectivity index (χ0v) is 10.7. The van der Waals surface area contributed by atoms with Gasteiger partial charge in [-0.2, -0.15) is 0 Å². The van der Waals surface area contributed by atoms with Gasteiger partial charge in [0, 0.05) is 18.7 Å². The van der Waals surface area contributed by atoms with Gasteiger partial charge >= 0.3 is 0 Å². The second kappa shape index (κ2) is 7.92. The van der Waals surface area contributed by atoms with Crippen molar-refractivity contribution in [2.75, 3.05) is 26.8 Å². The van der Waals surface area contributed by atoms with Gasteiger partial charge in [0.25, 0.3) is 0 Å². The number of nitrogens with one attached hydrogen (secondary N) is 1. The molecular formula is C12H18ClN3O. The lowest BCUT2D eigenvalue weighted by Gasteiger charge is -2.06. The first kappa shape index (κ1) is 13.8. The summed E-state index contributed by atoms with van der Waals surface area (Å²) in [5, 5.41) is 3.81. The molecule has 0 saturated carbocycles. The van der Waals surface area contributed by atoms with Crippen molar-refractivity contribution in [2.24, 2.45) is 10.7 Å². The highest BCUT2D eigenvalue weighted by molar-refractivity contribution is 6.31. The van der Waals surface area contributed by atoms with Crippen molar-refractivity contribution in [3.05, 3.63) is 34.9 Å². The lowest BCUT2D eigenvalue weighted by molar-refractivity contribution is 0.208. The van der Waals surface area contributed by atoms with E-state index in [0.717, 1.165) is 17.0 Å². The summed E-state index contributed by atoms with van der Waals surface area (Å²) < 4.78 is 4.87. The van der Waals surface area contributed by atoms with Gasteiger partial charge in [-0.15, -0.1) is 0 Å². The molecule has 1 rings (SSSR count). The van der Waals surface area contributed by atoms with Crippen LogP contribution in [-0.4, -0.2) is 32.8 Å². The Labute approximate surface area is 107 Å². The Kier molecular flexibility index (Phi) is 6.43. The van der Waals surface area contributed by atoms with Gasteiger partial charge in [-0.1, -0.05) is 29.8 Å². The minimum atomic E-state index is 0.439. The van der Waals surface area contributed by atoms with Crippen LogP contribution in [0.15, 0.2) is 29.3 Å². The summed E-state index contributed by atoms with van der Waals surface area (Å²) in [7, 11) is 1.64. The molecule has 5 heteroatoms. The molecule has 3 N–H and O–H groups in total. The van der Waals surface area contributed by atoms with Crippen LogP contribution in [0, 0.1) is 0 Å². The third-order valence-corrected chi connectivity index (χ3v) is 2.60. The lowest BCUT2D eigenvalue weighted by Crippen LogP contribution is -2.33. The second-order valence-electron chi connectivity index (χ2n) is 3.53. The quantitative estimate of drug-likeness (QED) is 0.459. The summed E-state index contributed by atoms with van der Waals surface area (Å²) in [4.78, 5) is 4.09. The second-order valence-corrected chi connectivity index (χ2v) is 3.94. The maximum absolute atomic E-state index is 6.04. The molecular weight excluding hydrogens is 238 g/mol. The van der Waals surface area contributed by atoms with Gasteiger partial charge in [0.2, 0.25) is 0 Å². The Morgan fingerprint density at radius 3 is 2.94 bits per heavy atom. The number of hydrogen-bond acceptors (Lipinski definition) is 2. The normalized spacial score (nSPS) is 11.5. The van der Waals surface area contributed by atoms with E-state index in [1.807, 2.05) is 24.3 Å². The Morgan fingerprint density at radius 1 is 1.47 bits per heavy atom. The van der Waals surface area contributed by atoms with Gasteiger partial charge in [0.05, 0.1) is 13.2 Å². The molecule has 0 saturated heterocycles. The van der Waals surface area contributed by atoms with Crippen molar-refractivity contribution >= 4 is 17.6 Å². The third-order valence-electron chi connectivity index (χ3n) is 2.24. The van der Waals surface area contributed by atoms with Gasteiger partial charge in [0.15, 0.2) is 5.96 Å². The van der Waals surface area contributed by atoms with Crippen molar-refractivity contribution in [3.8, 4) is 0 Å². The largest absolute Gasteiger partial charge is 0.383 e. The van der Waals surface area contributed by atoms with E-state index in [-0.39, 0.29) is 0 Å².